The lowest BCUT2D eigenvalue weighted by atomic mass is 10.2. The van der Waals surface area contributed by atoms with Gasteiger partial charge < -0.3 is 4.90 Å². The van der Waals surface area contributed by atoms with Crippen LogP contribution in [-0.2, 0) is 6.54 Å². The standard InChI is InChI=1S/C15H17F2N5O/c16-15(17)22-5-3-13(19-22)14(23)21-8-6-20(7-9-21)11-12-2-1-4-18-10-12/h1-5,10,15H,6-9,11H2. The summed E-state index contributed by atoms with van der Waals surface area (Å²) in [4.78, 5) is 20.2. The van der Waals surface area contributed by atoms with E-state index in [9.17, 15) is 13.6 Å². The number of pyridine rings is 1. The van der Waals surface area contributed by atoms with Crippen LogP contribution in [0.15, 0.2) is 36.8 Å². The van der Waals surface area contributed by atoms with Crippen LogP contribution in [0.25, 0.3) is 0 Å². The molecule has 23 heavy (non-hydrogen) atoms. The van der Waals surface area contributed by atoms with Gasteiger partial charge in [0.05, 0.1) is 0 Å². The average molecular weight is 321 g/mol. The second-order valence-corrected chi connectivity index (χ2v) is 5.39. The third kappa shape index (κ3) is 3.70. The molecule has 0 radical (unpaired) electrons. The Labute approximate surface area is 132 Å². The van der Waals surface area contributed by atoms with Gasteiger partial charge in [-0.1, -0.05) is 6.07 Å². The smallest absolute Gasteiger partial charge is 0.333 e. The van der Waals surface area contributed by atoms with Crippen LogP contribution in [0.2, 0.25) is 0 Å². The molecule has 1 saturated heterocycles. The predicted octanol–water partition coefficient (Wildman–Crippen LogP) is 1.63. The summed E-state index contributed by atoms with van der Waals surface area (Å²) < 4.78 is 25.5. The van der Waals surface area contributed by atoms with E-state index in [-0.39, 0.29) is 11.6 Å². The van der Waals surface area contributed by atoms with E-state index in [1.807, 2.05) is 18.3 Å². The molecular weight excluding hydrogens is 304 g/mol. The molecule has 0 bridgehead atoms. The van der Waals surface area contributed by atoms with Crippen LogP contribution in [0.5, 0.6) is 0 Å². The van der Waals surface area contributed by atoms with Crippen molar-refractivity contribution in [2.24, 2.45) is 0 Å². The molecule has 0 atom stereocenters. The minimum atomic E-state index is -2.73. The quantitative estimate of drug-likeness (QED) is 0.859. The maximum absolute atomic E-state index is 12.5. The van der Waals surface area contributed by atoms with Gasteiger partial charge in [0.15, 0.2) is 5.69 Å². The number of rotatable bonds is 4. The van der Waals surface area contributed by atoms with E-state index in [0.29, 0.717) is 17.8 Å². The molecule has 3 heterocycles. The van der Waals surface area contributed by atoms with Crippen LogP contribution in [0.1, 0.15) is 22.6 Å². The number of amides is 1. The van der Waals surface area contributed by atoms with Crippen LogP contribution >= 0.6 is 0 Å². The molecule has 0 unspecified atom stereocenters. The van der Waals surface area contributed by atoms with Gasteiger partial charge in [-0.3, -0.25) is 14.7 Å². The number of carbonyl (C=O) groups excluding carboxylic acids is 1. The molecular formula is C15H17F2N5O. The largest absolute Gasteiger partial charge is 0.335 e. The van der Waals surface area contributed by atoms with Crippen molar-refractivity contribution in [3.8, 4) is 0 Å². The van der Waals surface area contributed by atoms with Crippen molar-refractivity contribution in [1.82, 2.24) is 24.6 Å². The van der Waals surface area contributed by atoms with Gasteiger partial charge in [0.2, 0.25) is 0 Å². The van der Waals surface area contributed by atoms with Gasteiger partial charge in [0.1, 0.15) is 0 Å². The normalized spacial score (nSPS) is 16.0. The van der Waals surface area contributed by atoms with Crippen LogP contribution in [0.3, 0.4) is 0 Å². The lowest BCUT2D eigenvalue weighted by molar-refractivity contribution is 0.0534. The molecule has 0 aliphatic carbocycles. The molecule has 6 nitrogen and oxygen atoms in total. The minimum absolute atomic E-state index is 0.0611. The zero-order chi connectivity index (χ0) is 16.2. The predicted molar refractivity (Wildman–Crippen MR) is 78.9 cm³/mol. The second kappa shape index (κ2) is 6.82. The van der Waals surface area contributed by atoms with E-state index >= 15 is 0 Å². The van der Waals surface area contributed by atoms with Crippen LogP contribution < -0.4 is 0 Å². The van der Waals surface area contributed by atoms with Gasteiger partial charge in [-0.15, -0.1) is 0 Å². The molecule has 0 aromatic carbocycles. The first-order chi connectivity index (χ1) is 11.1. The van der Waals surface area contributed by atoms with Crippen molar-refractivity contribution < 1.29 is 13.6 Å². The summed E-state index contributed by atoms with van der Waals surface area (Å²) in [6, 6.07) is 5.24. The van der Waals surface area contributed by atoms with Gasteiger partial charge in [-0.2, -0.15) is 13.9 Å². The third-order valence-corrected chi connectivity index (χ3v) is 3.82. The lowest BCUT2D eigenvalue weighted by Crippen LogP contribution is -2.48. The monoisotopic (exact) mass is 321 g/mol. The van der Waals surface area contributed by atoms with Crippen LogP contribution in [0.4, 0.5) is 8.78 Å². The molecule has 0 N–H and O–H groups in total. The SMILES string of the molecule is O=C(c1ccn(C(F)F)n1)N1CCN(Cc2cccnc2)CC1. The van der Waals surface area contributed by atoms with Crippen LogP contribution in [-0.4, -0.2) is 56.7 Å². The highest BCUT2D eigenvalue weighted by molar-refractivity contribution is 5.92. The highest BCUT2D eigenvalue weighted by Crippen LogP contribution is 2.13. The summed E-state index contributed by atoms with van der Waals surface area (Å²) in [5.74, 6) is -0.301. The van der Waals surface area contributed by atoms with Crippen molar-refractivity contribution in [1.29, 1.82) is 0 Å². The van der Waals surface area contributed by atoms with Gasteiger partial charge in [0.25, 0.3) is 5.91 Å². The Morgan fingerprint density at radius 2 is 2.00 bits per heavy atom. The Bertz CT molecular complexity index is 653. The van der Waals surface area contributed by atoms with Gasteiger partial charge in [-0.05, 0) is 17.7 Å². The fraction of sp³-hybridized carbons (Fsp3) is 0.400. The summed E-state index contributed by atoms with van der Waals surface area (Å²) in [6.45, 7) is 0.636. The van der Waals surface area contributed by atoms with Crippen molar-refractivity contribution in [3.05, 3.63) is 48.0 Å². The Balaban J connectivity index is 1.54. The Morgan fingerprint density at radius 3 is 2.61 bits per heavy atom. The average Bonchev–Trinajstić information content (AvgIpc) is 3.06. The van der Waals surface area contributed by atoms with Crippen LogP contribution in [0, 0.1) is 0 Å². The number of hydrogen-bond donors (Lipinski definition) is 0. The molecule has 1 fully saturated rings. The van der Waals surface area contributed by atoms with Crippen molar-refractivity contribution in [3.63, 3.8) is 0 Å². The fourth-order valence-electron chi connectivity index (χ4n) is 2.58. The molecule has 2 aromatic heterocycles. The molecule has 0 spiro atoms. The number of aromatic nitrogens is 3. The number of carbonyl (C=O) groups is 1. The Morgan fingerprint density at radius 1 is 1.22 bits per heavy atom. The highest BCUT2D eigenvalue weighted by atomic mass is 19.3. The van der Waals surface area contributed by atoms with Crippen molar-refractivity contribution in [2.75, 3.05) is 26.2 Å². The Kier molecular flexibility index (Phi) is 4.61. The first-order valence-electron chi connectivity index (χ1n) is 7.37. The molecule has 1 amide bonds. The first kappa shape index (κ1) is 15.5. The third-order valence-electron chi connectivity index (χ3n) is 3.82. The summed E-state index contributed by atoms with van der Waals surface area (Å²) >= 11 is 0. The molecule has 1 aliphatic rings. The number of hydrogen-bond acceptors (Lipinski definition) is 4. The minimum Gasteiger partial charge on any atom is -0.335 e. The van der Waals surface area contributed by atoms with E-state index in [0.717, 1.165) is 31.4 Å². The summed E-state index contributed by atoms with van der Waals surface area (Å²) in [6.07, 6.45) is 4.68. The van der Waals surface area contributed by atoms with E-state index < -0.39 is 6.55 Å². The highest BCUT2D eigenvalue weighted by Gasteiger charge is 2.24. The first-order valence-corrected chi connectivity index (χ1v) is 7.37. The topological polar surface area (TPSA) is 54.3 Å². The van der Waals surface area contributed by atoms with E-state index in [2.05, 4.69) is 15.0 Å². The molecule has 1 aliphatic heterocycles. The zero-order valence-corrected chi connectivity index (χ0v) is 12.5. The molecule has 122 valence electrons. The number of nitrogens with zero attached hydrogens (tertiary/aromatic N) is 5. The second-order valence-electron chi connectivity index (χ2n) is 5.39. The summed E-state index contributed by atoms with van der Waals surface area (Å²) in [5, 5.41) is 3.63. The molecule has 8 heteroatoms. The number of alkyl halides is 2. The lowest BCUT2D eigenvalue weighted by Gasteiger charge is -2.34. The summed E-state index contributed by atoms with van der Waals surface area (Å²) in [5.41, 5.74) is 1.19. The molecule has 2 aromatic rings. The fourth-order valence-corrected chi connectivity index (χ4v) is 2.58. The van der Waals surface area contributed by atoms with E-state index in [4.69, 9.17) is 0 Å². The maximum atomic E-state index is 12.5. The zero-order valence-electron chi connectivity index (χ0n) is 12.5. The van der Waals surface area contributed by atoms with Crippen molar-refractivity contribution >= 4 is 5.91 Å². The maximum Gasteiger partial charge on any atom is 0.333 e. The molecule has 3 rings (SSSR count). The van der Waals surface area contributed by atoms with E-state index in [1.54, 1.807) is 11.1 Å². The Hall–Kier alpha value is -2.35. The van der Waals surface area contributed by atoms with E-state index in [1.165, 1.54) is 6.07 Å². The summed E-state index contributed by atoms with van der Waals surface area (Å²) in [7, 11) is 0. The van der Waals surface area contributed by atoms with Gasteiger partial charge >= 0.3 is 6.55 Å². The van der Waals surface area contributed by atoms with Gasteiger partial charge in [-0.25, -0.2) is 4.68 Å². The molecule has 0 saturated carbocycles. The van der Waals surface area contributed by atoms with Crippen molar-refractivity contribution in [2.45, 2.75) is 13.1 Å². The number of piperazine rings is 1. The number of halogens is 2. The van der Waals surface area contributed by atoms with Gasteiger partial charge in [0, 0.05) is 51.3 Å².